The van der Waals surface area contributed by atoms with Crippen molar-refractivity contribution in [3.8, 4) is 0 Å². The number of anilines is 4. The van der Waals surface area contributed by atoms with E-state index in [1.54, 1.807) is 0 Å². The largest absolute Gasteiger partial charge is 0.399 e. The molecule has 3 nitrogen and oxygen atoms in total. The van der Waals surface area contributed by atoms with Crippen LogP contribution in [0.1, 0.15) is 5.56 Å². The fraction of sp³-hybridized carbons (Fsp3) is 0.0667. The van der Waals surface area contributed by atoms with Crippen molar-refractivity contribution >= 4 is 28.8 Å². The first-order valence-electron chi connectivity index (χ1n) is 5.99. The van der Waals surface area contributed by atoms with Crippen molar-refractivity contribution in [3.63, 3.8) is 0 Å². The summed E-state index contributed by atoms with van der Waals surface area (Å²) in [6.45, 7) is 0.887. The summed E-state index contributed by atoms with van der Waals surface area (Å²) < 4.78 is 0. The maximum atomic E-state index is 5.68. The molecule has 0 aromatic heterocycles. The van der Waals surface area contributed by atoms with Crippen molar-refractivity contribution in [2.45, 2.75) is 0 Å². The van der Waals surface area contributed by atoms with Gasteiger partial charge in [-0.1, -0.05) is 18.2 Å². The summed E-state index contributed by atoms with van der Waals surface area (Å²) in [6, 6.07) is 14.0. The Morgan fingerprint density at radius 3 is 2.72 bits per heavy atom. The maximum Gasteiger partial charge on any atom is 0.0478 e. The Labute approximate surface area is 106 Å². The Balaban J connectivity index is 1.94. The van der Waals surface area contributed by atoms with Crippen LogP contribution in [0.3, 0.4) is 0 Å². The highest BCUT2D eigenvalue weighted by Crippen LogP contribution is 2.30. The fourth-order valence-electron chi connectivity index (χ4n) is 2.08. The molecule has 3 rings (SSSR count). The smallest absolute Gasteiger partial charge is 0.0478 e. The van der Waals surface area contributed by atoms with E-state index >= 15 is 0 Å². The average Bonchev–Trinajstić information content (AvgIpc) is 2.42. The Morgan fingerprint density at radius 2 is 1.89 bits per heavy atom. The molecule has 90 valence electrons. The van der Waals surface area contributed by atoms with Gasteiger partial charge in [-0.2, -0.15) is 0 Å². The average molecular weight is 237 g/mol. The molecule has 0 saturated heterocycles. The van der Waals surface area contributed by atoms with Gasteiger partial charge in [0.15, 0.2) is 0 Å². The predicted octanol–water partition coefficient (Wildman–Crippen LogP) is 3.45. The van der Waals surface area contributed by atoms with Crippen LogP contribution in [-0.4, -0.2) is 6.54 Å². The Bertz CT molecular complexity index is 585. The van der Waals surface area contributed by atoms with Crippen LogP contribution in [0, 0.1) is 0 Å². The third-order valence-electron chi connectivity index (χ3n) is 2.99. The molecule has 0 aliphatic carbocycles. The van der Waals surface area contributed by atoms with Crippen LogP contribution in [0.2, 0.25) is 0 Å². The zero-order valence-corrected chi connectivity index (χ0v) is 9.98. The molecule has 0 amide bonds. The minimum Gasteiger partial charge on any atom is -0.399 e. The van der Waals surface area contributed by atoms with Gasteiger partial charge in [0.25, 0.3) is 0 Å². The van der Waals surface area contributed by atoms with Crippen LogP contribution in [0.15, 0.2) is 48.5 Å². The van der Waals surface area contributed by atoms with Gasteiger partial charge in [0.2, 0.25) is 0 Å². The lowest BCUT2D eigenvalue weighted by Crippen LogP contribution is -2.06. The lowest BCUT2D eigenvalue weighted by Gasteiger charge is -2.17. The van der Waals surface area contributed by atoms with Gasteiger partial charge < -0.3 is 16.4 Å². The first-order valence-corrected chi connectivity index (χ1v) is 5.99. The first-order chi connectivity index (χ1) is 8.83. The van der Waals surface area contributed by atoms with E-state index in [9.17, 15) is 0 Å². The molecule has 0 saturated carbocycles. The molecule has 0 fully saturated rings. The molecule has 0 bridgehead atoms. The highest BCUT2D eigenvalue weighted by Gasteiger charge is 2.08. The van der Waals surface area contributed by atoms with E-state index in [1.165, 1.54) is 5.56 Å². The number of rotatable bonds is 2. The van der Waals surface area contributed by atoms with Crippen molar-refractivity contribution in [2.24, 2.45) is 0 Å². The predicted molar refractivity (Wildman–Crippen MR) is 78.1 cm³/mol. The summed E-state index contributed by atoms with van der Waals surface area (Å²) in [4.78, 5) is 0. The van der Waals surface area contributed by atoms with Gasteiger partial charge in [0.1, 0.15) is 0 Å². The highest BCUT2D eigenvalue weighted by atomic mass is 14.9. The van der Waals surface area contributed by atoms with Gasteiger partial charge in [-0.15, -0.1) is 0 Å². The van der Waals surface area contributed by atoms with Crippen LogP contribution in [0.5, 0.6) is 0 Å². The maximum absolute atomic E-state index is 5.68. The molecular weight excluding hydrogens is 222 g/mol. The third-order valence-corrected chi connectivity index (χ3v) is 2.99. The van der Waals surface area contributed by atoms with Gasteiger partial charge in [-0.3, -0.25) is 0 Å². The van der Waals surface area contributed by atoms with Crippen LogP contribution in [0.4, 0.5) is 22.7 Å². The number of nitrogen functional groups attached to an aromatic ring is 1. The van der Waals surface area contributed by atoms with Crippen LogP contribution in [0.25, 0.3) is 6.08 Å². The van der Waals surface area contributed by atoms with E-state index in [0.717, 1.165) is 29.3 Å². The highest BCUT2D eigenvalue weighted by molar-refractivity contribution is 5.82. The van der Waals surface area contributed by atoms with E-state index in [2.05, 4.69) is 34.9 Å². The zero-order chi connectivity index (χ0) is 12.4. The van der Waals surface area contributed by atoms with Crippen LogP contribution in [-0.2, 0) is 0 Å². The molecule has 0 atom stereocenters. The van der Waals surface area contributed by atoms with Crippen molar-refractivity contribution in [3.05, 3.63) is 54.1 Å². The molecule has 1 heterocycles. The Kier molecular flexibility index (Phi) is 2.65. The number of nitrogens with two attached hydrogens (primary N) is 1. The molecule has 3 heteroatoms. The number of hydrogen-bond donors (Lipinski definition) is 3. The van der Waals surface area contributed by atoms with Gasteiger partial charge in [0, 0.05) is 34.9 Å². The topological polar surface area (TPSA) is 50.1 Å². The molecule has 4 N–H and O–H groups in total. The second kappa shape index (κ2) is 4.45. The molecule has 2 aromatic carbocycles. The molecule has 0 unspecified atom stereocenters. The number of benzene rings is 2. The van der Waals surface area contributed by atoms with E-state index in [-0.39, 0.29) is 0 Å². The molecular formula is C15H15N3. The van der Waals surface area contributed by atoms with E-state index in [1.807, 2.05) is 30.3 Å². The SMILES string of the molecule is Nc1ccc(Nc2cccc3c2C=CCN3)cc1. The molecule has 1 aliphatic rings. The molecule has 2 aromatic rings. The van der Waals surface area contributed by atoms with Gasteiger partial charge in [-0.25, -0.2) is 0 Å². The van der Waals surface area contributed by atoms with E-state index < -0.39 is 0 Å². The normalized spacial score (nSPS) is 12.7. The van der Waals surface area contributed by atoms with Gasteiger partial charge in [-0.05, 0) is 36.4 Å². The molecule has 18 heavy (non-hydrogen) atoms. The lowest BCUT2D eigenvalue weighted by molar-refractivity contribution is 1.31. The summed E-state index contributed by atoms with van der Waals surface area (Å²) >= 11 is 0. The first kappa shape index (κ1) is 10.7. The summed E-state index contributed by atoms with van der Waals surface area (Å²) in [5, 5.41) is 6.76. The number of nitrogens with one attached hydrogen (secondary N) is 2. The summed E-state index contributed by atoms with van der Waals surface area (Å²) in [5.41, 5.74) is 11.0. The molecule has 0 spiro atoms. The van der Waals surface area contributed by atoms with Gasteiger partial charge >= 0.3 is 0 Å². The van der Waals surface area contributed by atoms with E-state index in [4.69, 9.17) is 5.73 Å². The summed E-state index contributed by atoms with van der Waals surface area (Å²) in [6.07, 6.45) is 4.27. The van der Waals surface area contributed by atoms with Crippen LogP contribution < -0.4 is 16.4 Å². The number of hydrogen-bond acceptors (Lipinski definition) is 3. The summed E-state index contributed by atoms with van der Waals surface area (Å²) in [5.74, 6) is 0. The van der Waals surface area contributed by atoms with E-state index in [0.29, 0.717) is 0 Å². The zero-order valence-electron chi connectivity index (χ0n) is 9.98. The van der Waals surface area contributed by atoms with Crippen molar-refractivity contribution in [1.82, 2.24) is 0 Å². The fourth-order valence-corrected chi connectivity index (χ4v) is 2.08. The quantitative estimate of drug-likeness (QED) is 0.701. The minimum absolute atomic E-state index is 0.775. The minimum atomic E-state index is 0.775. The second-order valence-electron chi connectivity index (χ2n) is 4.30. The lowest BCUT2D eigenvalue weighted by atomic mass is 10.1. The monoisotopic (exact) mass is 237 g/mol. The van der Waals surface area contributed by atoms with Crippen molar-refractivity contribution < 1.29 is 0 Å². The Hall–Kier alpha value is -2.42. The third kappa shape index (κ3) is 2.02. The Morgan fingerprint density at radius 1 is 1.06 bits per heavy atom. The summed E-state index contributed by atoms with van der Waals surface area (Å²) in [7, 11) is 0. The van der Waals surface area contributed by atoms with Gasteiger partial charge in [0.05, 0.1) is 0 Å². The number of fused-ring (bicyclic) bond motifs is 1. The molecule has 0 radical (unpaired) electrons. The molecule has 1 aliphatic heterocycles. The van der Waals surface area contributed by atoms with Crippen molar-refractivity contribution in [2.75, 3.05) is 22.9 Å². The van der Waals surface area contributed by atoms with Crippen LogP contribution >= 0.6 is 0 Å². The second-order valence-corrected chi connectivity index (χ2v) is 4.30. The van der Waals surface area contributed by atoms with Crippen molar-refractivity contribution in [1.29, 1.82) is 0 Å². The standard InChI is InChI=1S/C15H15N3/c16-11-6-8-12(9-7-11)18-15-5-1-4-14-13(15)3-2-10-17-14/h1-9,17-18H,10,16H2.